The van der Waals surface area contributed by atoms with Crippen LogP contribution in [0.1, 0.15) is 35.4 Å². The van der Waals surface area contributed by atoms with Gasteiger partial charge in [-0.05, 0) is 59.8 Å². The Balaban J connectivity index is 0.000000601. The second-order valence-corrected chi connectivity index (χ2v) is 8.35. The second-order valence-electron chi connectivity index (χ2n) is 7.92. The number of rotatable bonds is 5. The van der Waals surface area contributed by atoms with Gasteiger partial charge in [0.15, 0.2) is 0 Å². The summed E-state index contributed by atoms with van der Waals surface area (Å²) in [7, 11) is 0. The summed E-state index contributed by atoms with van der Waals surface area (Å²) in [6.07, 6.45) is 0.823. The molecule has 0 radical (unpaired) electrons. The molecule has 0 aliphatic heterocycles. The molecule has 3 aromatic carbocycles. The number of para-hydroxylation sites is 2. The maximum Gasteiger partial charge on any atom is 0.300 e. The maximum atomic E-state index is 9.00. The van der Waals surface area contributed by atoms with E-state index >= 15 is 0 Å². The fraction of sp³-hybridized carbons (Fsp3) is 0.148. The molecular weight excluding hydrogens is 434 g/mol. The molecule has 6 heteroatoms. The van der Waals surface area contributed by atoms with E-state index in [-0.39, 0.29) is 5.92 Å². The van der Waals surface area contributed by atoms with Crippen LogP contribution >= 0.6 is 11.6 Å². The molecule has 0 aliphatic rings. The van der Waals surface area contributed by atoms with Gasteiger partial charge in [-0.1, -0.05) is 60.1 Å². The average Bonchev–Trinajstić information content (AvgIpc) is 3.37. The molecule has 5 rings (SSSR count). The van der Waals surface area contributed by atoms with Crippen molar-refractivity contribution in [3.8, 4) is 0 Å². The van der Waals surface area contributed by atoms with E-state index in [1.807, 2.05) is 12.1 Å². The summed E-state index contributed by atoms with van der Waals surface area (Å²) < 4.78 is 0. The normalized spacial score (nSPS) is 11.8. The fourth-order valence-corrected chi connectivity index (χ4v) is 4.42. The van der Waals surface area contributed by atoms with Crippen LogP contribution in [0.5, 0.6) is 0 Å². The van der Waals surface area contributed by atoms with E-state index < -0.39 is 5.97 Å². The summed E-state index contributed by atoms with van der Waals surface area (Å²) in [4.78, 5) is 16.3. The van der Waals surface area contributed by atoms with Gasteiger partial charge >= 0.3 is 0 Å². The number of hydrogen-bond acceptors (Lipinski definition) is 2. The van der Waals surface area contributed by atoms with Gasteiger partial charge in [0.2, 0.25) is 0 Å². The molecular formula is C27H26ClN3O2. The van der Waals surface area contributed by atoms with Crippen LogP contribution in [0.2, 0.25) is 5.02 Å². The minimum absolute atomic E-state index is 0.0358. The Labute approximate surface area is 197 Å². The van der Waals surface area contributed by atoms with Gasteiger partial charge in [0.1, 0.15) is 0 Å². The Morgan fingerprint density at radius 2 is 1.61 bits per heavy atom. The standard InChI is InChI=1S/C25H22ClN3.C2H4O2/c26-18-11-9-16(10-12-18)24(23-15-17-5-1-3-7-21(17)28-23)25-20(13-14-27)19-6-2-4-8-22(19)29-25;1-2(3)4/h1-12,15,24,28-29H,13-14,27H2;1H3,(H,3,4). The summed E-state index contributed by atoms with van der Waals surface area (Å²) in [5.41, 5.74) is 13.1. The zero-order chi connectivity index (χ0) is 23.4. The van der Waals surface area contributed by atoms with Crippen molar-refractivity contribution in [3.63, 3.8) is 0 Å². The lowest BCUT2D eigenvalue weighted by Gasteiger charge is -2.18. The van der Waals surface area contributed by atoms with Gasteiger partial charge in [0, 0.05) is 39.8 Å². The fourth-order valence-electron chi connectivity index (χ4n) is 4.29. The molecule has 2 aromatic heterocycles. The highest BCUT2D eigenvalue weighted by Gasteiger charge is 2.24. The summed E-state index contributed by atoms with van der Waals surface area (Å²) in [5.74, 6) is -0.798. The van der Waals surface area contributed by atoms with Gasteiger partial charge in [-0.25, -0.2) is 0 Å². The Kier molecular flexibility index (Phi) is 6.82. The molecule has 33 heavy (non-hydrogen) atoms. The number of carboxylic acids is 1. The molecule has 5 aromatic rings. The Morgan fingerprint density at radius 1 is 0.970 bits per heavy atom. The highest BCUT2D eigenvalue weighted by atomic mass is 35.5. The Morgan fingerprint density at radius 3 is 2.27 bits per heavy atom. The summed E-state index contributed by atoms with van der Waals surface area (Å²) in [6.45, 7) is 1.69. The van der Waals surface area contributed by atoms with Crippen molar-refractivity contribution in [1.29, 1.82) is 0 Å². The predicted molar refractivity (Wildman–Crippen MR) is 135 cm³/mol. The lowest BCUT2D eigenvalue weighted by Crippen LogP contribution is -2.10. The van der Waals surface area contributed by atoms with Crippen molar-refractivity contribution in [3.05, 3.63) is 106 Å². The third-order valence-corrected chi connectivity index (χ3v) is 5.85. The Hall–Kier alpha value is -3.54. The molecule has 0 aliphatic carbocycles. The summed E-state index contributed by atoms with van der Waals surface area (Å²) >= 11 is 6.19. The van der Waals surface area contributed by atoms with Crippen LogP contribution in [-0.4, -0.2) is 27.6 Å². The quantitative estimate of drug-likeness (QED) is 0.256. The van der Waals surface area contributed by atoms with Crippen LogP contribution in [0.3, 0.4) is 0 Å². The molecule has 168 valence electrons. The van der Waals surface area contributed by atoms with Crippen molar-refractivity contribution >= 4 is 39.4 Å². The van der Waals surface area contributed by atoms with E-state index in [2.05, 4.69) is 76.7 Å². The number of aliphatic carboxylic acids is 1. The number of H-pyrrole nitrogens is 2. The SMILES string of the molecule is CC(=O)O.NCCc1c(C(c2ccc(Cl)cc2)c2cc3ccccc3[nH]2)[nH]c2ccccc12. The van der Waals surface area contributed by atoms with E-state index in [9.17, 15) is 0 Å². The highest BCUT2D eigenvalue weighted by molar-refractivity contribution is 6.30. The third kappa shape index (κ3) is 4.95. The van der Waals surface area contributed by atoms with E-state index in [0.29, 0.717) is 6.54 Å². The molecule has 2 heterocycles. The number of nitrogens with one attached hydrogen (secondary N) is 2. The molecule has 5 N–H and O–H groups in total. The number of halogens is 1. The van der Waals surface area contributed by atoms with Gasteiger partial charge in [-0.2, -0.15) is 0 Å². The number of carbonyl (C=O) groups is 1. The average molecular weight is 460 g/mol. The molecule has 1 unspecified atom stereocenters. The van der Waals surface area contributed by atoms with Gasteiger partial charge in [-0.15, -0.1) is 0 Å². The number of aromatic amines is 2. The monoisotopic (exact) mass is 459 g/mol. The van der Waals surface area contributed by atoms with E-state index in [4.69, 9.17) is 27.2 Å². The van der Waals surface area contributed by atoms with E-state index in [1.54, 1.807) is 0 Å². The predicted octanol–water partition coefficient (Wildman–Crippen LogP) is 6.07. The van der Waals surface area contributed by atoms with Gasteiger partial charge in [0.05, 0.1) is 5.92 Å². The molecule has 1 atom stereocenters. The maximum absolute atomic E-state index is 9.00. The largest absolute Gasteiger partial charge is 0.481 e. The highest BCUT2D eigenvalue weighted by Crippen LogP contribution is 2.38. The van der Waals surface area contributed by atoms with Gasteiger partial charge < -0.3 is 20.8 Å². The van der Waals surface area contributed by atoms with E-state index in [0.717, 1.165) is 35.1 Å². The van der Waals surface area contributed by atoms with Crippen molar-refractivity contribution in [2.45, 2.75) is 19.3 Å². The molecule has 0 fully saturated rings. The number of benzene rings is 3. The zero-order valence-electron chi connectivity index (χ0n) is 18.3. The van der Waals surface area contributed by atoms with Crippen molar-refractivity contribution in [2.75, 3.05) is 6.54 Å². The first-order chi connectivity index (χ1) is 16.0. The van der Waals surface area contributed by atoms with Crippen LogP contribution in [-0.2, 0) is 11.2 Å². The minimum atomic E-state index is -0.833. The van der Waals surface area contributed by atoms with Crippen molar-refractivity contribution in [2.24, 2.45) is 5.73 Å². The molecule has 0 amide bonds. The molecule has 0 bridgehead atoms. The van der Waals surface area contributed by atoms with E-state index in [1.165, 1.54) is 27.6 Å². The lowest BCUT2D eigenvalue weighted by molar-refractivity contribution is -0.134. The smallest absolute Gasteiger partial charge is 0.300 e. The first-order valence-corrected chi connectivity index (χ1v) is 11.2. The minimum Gasteiger partial charge on any atom is -0.481 e. The van der Waals surface area contributed by atoms with Crippen LogP contribution in [0.4, 0.5) is 0 Å². The Bertz CT molecular complexity index is 1350. The topological polar surface area (TPSA) is 94.9 Å². The van der Waals surface area contributed by atoms with Gasteiger partial charge in [0.25, 0.3) is 5.97 Å². The number of nitrogens with two attached hydrogens (primary N) is 1. The molecule has 0 saturated heterocycles. The first-order valence-electron chi connectivity index (χ1n) is 10.8. The van der Waals surface area contributed by atoms with Gasteiger partial charge in [-0.3, -0.25) is 4.79 Å². The molecule has 0 spiro atoms. The second kappa shape index (κ2) is 9.94. The zero-order valence-corrected chi connectivity index (χ0v) is 19.1. The number of fused-ring (bicyclic) bond motifs is 2. The lowest BCUT2D eigenvalue weighted by atomic mass is 9.89. The molecule has 0 saturated carbocycles. The summed E-state index contributed by atoms with van der Waals surface area (Å²) in [5, 5.41) is 10.6. The third-order valence-electron chi connectivity index (χ3n) is 5.59. The molecule has 5 nitrogen and oxygen atoms in total. The van der Waals surface area contributed by atoms with Crippen LogP contribution < -0.4 is 5.73 Å². The van der Waals surface area contributed by atoms with Crippen LogP contribution in [0.15, 0.2) is 78.9 Å². The first kappa shape index (κ1) is 22.6. The number of aromatic nitrogens is 2. The number of carboxylic acid groups (broad SMARTS) is 1. The van der Waals surface area contributed by atoms with Crippen molar-refractivity contribution in [1.82, 2.24) is 9.97 Å². The van der Waals surface area contributed by atoms with Crippen LogP contribution in [0.25, 0.3) is 21.8 Å². The van der Waals surface area contributed by atoms with Crippen LogP contribution in [0, 0.1) is 0 Å². The van der Waals surface area contributed by atoms with Crippen molar-refractivity contribution < 1.29 is 9.90 Å². The number of hydrogen-bond donors (Lipinski definition) is 4. The summed E-state index contributed by atoms with van der Waals surface area (Å²) in [6, 6.07) is 27.2.